The van der Waals surface area contributed by atoms with Crippen molar-refractivity contribution < 1.29 is 9.57 Å². The molecule has 1 saturated heterocycles. The highest BCUT2D eigenvalue weighted by Gasteiger charge is 2.38. The molecule has 66 valence electrons. The van der Waals surface area contributed by atoms with E-state index >= 15 is 0 Å². The molecule has 2 N–H and O–H groups in total. The maximum atomic E-state index is 5.42. The molecule has 0 spiro atoms. The summed E-state index contributed by atoms with van der Waals surface area (Å²) < 4.78 is 5.42. The van der Waals surface area contributed by atoms with E-state index in [-0.39, 0.29) is 11.7 Å². The van der Waals surface area contributed by atoms with E-state index in [1.807, 2.05) is 13.8 Å². The summed E-state index contributed by atoms with van der Waals surface area (Å²) in [7, 11) is 0. The molecule has 0 radical (unpaired) electrons. The quantitative estimate of drug-likeness (QED) is 0.613. The summed E-state index contributed by atoms with van der Waals surface area (Å²) in [6, 6.07) is 0. The Morgan fingerprint density at radius 1 is 1.55 bits per heavy atom. The number of nitrogens with two attached hydrogens (primary N) is 1. The van der Waals surface area contributed by atoms with Gasteiger partial charge in [-0.25, -0.2) is 5.90 Å². The summed E-state index contributed by atoms with van der Waals surface area (Å²) >= 11 is 0. The van der Waals surface area contributed by atoms with Crippen molar-refractivity contribution in [2.45, 2.75) is 38.9 Å². The van der Waals surface area contributed by atoms with Crippen LogP contribution in [0.15, 0.2) is 0 Å². The third-order valence-corrected chi connectivity index (χ3v) is 2.57. The van der Waals surface area contributed by atoms with Gasteiger partial charge < -0.3 is 4.74 Å². The van der Waals surface area contributed by atoms with Crippen molar-refractivity contribution in [3.05, 3.63) is 0 Å². The molecule has 2 atom stereocenters. The van der Waals surface area contributed by atoms with E-state index in [9.17, 15) is 0 Å². The van der Waals surface area contributed by atoms with Crippen molar-refractivity contribution in [2.24, 2.45) is 11.8 Å². The third kappa shape index (κ3) is 1.72. The van der Waals surface area contributed by atoms with E-state index < -0.39 is 0 Å². The molecule has 0 saturated carbocycles. The summed E-state index contributed by atoms with van der Waals surface area (Å²) in [5, 5.41) is 0. The Balaban J connectivity index is 2.58. The number of rotatable bonds is 2. The van der Waals surface area contributed by atoms with Crippen LogP contribution in [-0.2, 0) is 9.57 Å². The van der Waals surface area contributed by atoms with Crippen LogP contribution in [-0.4, -0.2) is 18.3 Å². The molecular weight excluding hydrogens is 142 g/mol. The topological polar surface area (TPSA) is 44.5 Å². The fourth-order valence-corrected chi connectivity index (χ4v) is 1.73. The normalized spacial score (nSPS) is 32.7. The van der Waals surface area contributed by atoms with Crippen LogP contribution in [0.1, 0.15) is 27.2 Å². The molecule has 0 aromatic rings. The van der Waals surface area contributed by atoms with E-state index in [0.717, 1.165) is 13.0 Å². The average Bonchev–Trinajstić information content (AvgIpc) is 2.36. The van der Waals surface area contributed by atoms with Crippen molar-refractivity contribution in [1.82, 2.24) is 0 Å². The van der Waals surface area contributed by atoms with E-state index in [0.29, 0.717) is 5.92 Å². The highest BCUT2D eigenvalue weighted by molar-refractivity contribution is 4.86. The van der Waals surface area contributed by atoms with Crippen LogP contribution in [0.2, 0.25) is 0 Å². The minimum atomic E-state index is -0.254. The average molecular weight is 159 g/mol. The van der Waals surface area contributed by atoms with Gasteiger partial charge in [-0.3, -0.25) is 4.84 Å². The first-order valence-electron chi connectivity index (χ1n) is 4.07. The molecule has 1 fully saturated rings. The summed E-state index contributed by atoms with van der Waals surface area (Å²) in [5.41, 5.74) is -0.254. The second kappa shape index (κ2) is 3.09. The lowest BCUT2D eigenvalue weighted by atomic mass is 9.86. The molecule has 1 heterocycles. The largest absolute Gasteiger partial charge is 0.378 e. The van der Waals surface area contributed by atoms with Gasteiger partial charge in [-0.05, 0) is 27.2 Å². The maximum absolute atomic E-state index is 5.42. The third-order valence-electron chi connectivity index (χ3n) is 2.57. The summed E-state index contributed by atoms with van der Waals surface area (Å²) in [4.78, 5) is 4.91. The van der Waals surface area contributed by atoms with Gasteiger partial charge in [-0.2, -0.15) is 0 Å². The smallest absolute Gasteiger partial charge is 0.0891 e. The van der Waals surface area contributed by atoms with Crippen LogP contribution in [0.3, 0.4) is 0 Å². The molecular formula is C8H17NO2. The predicted octanol–water partition coefficient (Wildman–Crippen LogP) is 1.08. The van der Waals surface area contributed by atoms with Crippen molar-refractivity contribution in [1.29, 1.82) is 0 Å². The first kappa shape index (κ1) is 8.97. The minimum absolute atomic E-state index is 0.254. The van der Waals surface area contributed by atoms with Crippen molar-refractivity contribution in [3.8, 4) is 0 Å². The fraction of sp³-hybridized carbons (Fsp3) is 1.00. The van der Waals surface area contributed by atoms with Gasteiger partial charge in [-0.1, -0.05) is 0 Å². The number of hydrogen-bond donors (Lipinski definition) is 1. The molecule has 3 nitrogen and oxygen atoms in total. The first-order chi connectivity index (χ1) is 5.08. The minimum Gasteiger partial charge on any atom is -0.378 e. The van der Waals surface area contributed by atoms with Gasteiger partial charge in [0.15, 0.2) is 0 Å². The van der Waals surface area contributed by atoms with Crippen LogP contribution >= 0.6 is 0 Å². The molecule has 0 bridgehead atoms. The zero-order chi connectivity index (χ0) is 8.48. The molecule has 0 aromatic heterocycles. The molecule has 1 aliphatic rings. The Morgan fingerprint density at radius 2 is 2.18 bits per heavy atom. The van der Waals surface area contributed by atoms with Gasteiger partial charge in [0.2, 0.25) is 0 Å². The predicted molar refractivity (Wildman–Crippen MR) is 42.9 cm³/mol. The van der Waals surface area contributed by atoms with E-state index in [2.05, 4.69) is 6.92 Å². The van der Waals surface area contributed by atoms with Crippen LogP contribution in [0, 0.1) is 5.92 Å². The van der Waals surface area contributed by atoms with Crippen molar-refractivity contribution >= 4 is 0 Å². The lowest BCUT2D eigenvalue weighted by Crippen LogP contribution is -2.40. The van der Waals surface area contributed by atoms with Crippen molar-refractivity contribution in [3.63, 3.8) is 0 Å². The lowest BCUT2D eigenvalue weighted by molar-refractivity contribution is -0.0791. The second-order valence-electron chi connectivity index (χ2n) is 3.69. The first-order valence-corrected chi connectivity index (χ1v) is 4.07. The Hall–Kier alpha value is -0.120. The standard InChI is InChI=1S/C8H17NO2/c1-6-7(4-5-10-6)8(2,3)11-9/h6-7H,4-5,9H2,1-3H3. The van der Waals surface area contributed by atoms with Crippen LogP contribution in [0.5, 0.6) is 0 Å². The Labute approximate surface area is 67.8 Å². The molecule has 11 heavy (non-hydrogen) atoms. The monoisotopic (exact) mass is 159 g/mol. The van der Waals surface area contributed by atoms with Gasteiger partial charge in [0.05, 0.1) is 11.7 Å². The van der Waals surface area contributed by atoms with Gasteiger partial charge in [-0.15, -0.1) is 0 Å². The SMILES string of the molecule is CC1OCCC1C(C)(C)ON. The van der Waals surface area contributed by atoms with Gasteiger partial charge in [0, 0.05) is 12.5 Å². The van der Waals surface area contributed by atoms with Gasteiger partial charge in [0.1, 0.15) is 0 Å². The number of ether oxygens (including phenoxy) is 1. The van der Waals surface area contributed by atoms with E-state index in [1.54, 1.807) is 0 Å². The van der Waals surface area contributed by atoms with Gasteiger partial charge in [0.25, 0.3) is 0 Å². The Bertz CT molecular complexity index is 136. The zero-order valence-electron chi connectivity index (χ0n) is 7.46. The van der Waals surface area contributed by atoms with E-state index in [4.69, 9.17) is 15.5 Å². The summed E-state index contributed by atoms with van der Waals surface area (Å²) in [5.74, 6) is 5.62. The van der Waals surface area contributed by atoms with Crippen LogP contribution < -0.4 is 5.90 Å². The molecule has 3 heteroatoms. The summed E-state index contributed by atoms with van der Waals surface area (Å²) in [6.07, 6.45) is 1.32. The molecule has 0 aliphatic carbocycles. The Morgan fingerprint density at radius 3 is 2.55 bits per heavy atom. The maximum Gasteiger partial charge on any atom is 0.0891 e. The highest BCUT2D eigenvalue weighted by Crippen LogP contribution is 2.32. The molecule has 1 rings (SSSR count). The molecule has 2 unspecified atom stereocenters. The van der Waals surface area contributed by atoms with Crippen molar-refractivity contribution in [2.75, 3.05) is 6.61 Å². The highest BCUT2D eigenvalue weighted by atomic mass is 16.6. The van der Waals surface area contributed by atoms with Crippen LogP contribution in [0.4, 0.5) is 0 Å². The van der Waals surface area contributed by atoms with E-state index in [1.165, 1.54) is 0 Å². The van der Waals surface area contributed by atoms with Gasteiger partial charge >= 0.3 is 0 Å². The molecule has 1 aliphatic heterocycles. The second-order valence-corrected chi connectivity index (χ2v) is 3.69. The van der Waals surface area contributed by atoms with Crippen LogP contribution in [0.25, 0.3) is 0 Å². The summed E-state index contributed by atoms with van der Waals surface area (Å²) in [6.45, 7) is 6.91. The molecule has 0 amide bonds. The molecule has 0 aromatic carbocycles. The Kier molecular flexibility index (Phi) is 2.52. The fourth-order valence-electron chi connectivity index (χ4n) is 1.73. The zero-order valence-corrected chi connectivity index (χ0v) is 7.46. The lowest BCUT2D eigenvalue weighted by Gasteiger charge is -2.30. The number of hydrogen-bond acceptors (Lipinski definition) is 3.